The number of fused-ring (bicyclic) bond motifs is 2. The number of rotatable bonds is 4. The van der Waals surface area contributed by atoms with Crippen molar-refractivity contribution < 1.29 is 8.78 Å². The first kappa shape index (κ1) is 26.0. The standard InChI is InChI=1S/C30H34F2N6/c1-29(2,3)25(33)27-35-21-9-7-15(11-23(21)37-27)17-13-20(32)18(14-19(17)31)16-8-10-22-24(12-16)38-28(36-22)26(34)30(4,5)6/h7-14,25-26H,33-34H2,1-6H3,(H,35,37)(H,36,38)/t25-,26-/m1/s1. The Balaban J connectivity index is 1.50. The zero-order valence-corrected chi connectivity index (χ0v) is 22.6. The average Bonchev–Trinajstić information content (AvgIpc) is 3.46. The van der Waals surface area contributed by atoms with Crippen LogP contribution in [0, 0.1) is 22.5 Å². The lowest BCUT2D eigenvalue weighted by Crippen LogP contribution is -2.27. The van der Waals surface area contributed by atoms with Gasteiger partial charge in [0.15, 0.2) is 0 Å². The van der Waals surface area contributed by atoms with Gasteiger partial charge >= 0.3 is 0 Å². The van der Waals surface area contributed by atoms with Crippen molar-refractivity contribution in [2.45, 2.75) is 53.6 Å². The molecule has 5 aromatic rings. The molecule has 2 heterocycles. The van der Waals surface area contributed by atoms with Gasteiger partial charge in [-0.1, -0.05) is 53.7 Å². The van der Waals surface area contributed by atoms with E-state index in [0.717, 1.165) is 22.1 Å². The minimum absolute atomic E-state index is 0.172. The van der Waals surface area contributed by atoms with Gasteiger partial charge in [-0.25, -0.2) is 18.7 Å². The van der Waals surface area contributed by atoms with Crippen LogP contribution in [0.3, 0.4) is 0 Å². The van der Waals surface area contributed by atoms with Gasteiger partial charge in [0.05, 0.1) is 34.2 Å². The fourth-order valence-electron chi connectivity index (χ4n) is 4.50. The van der Waals surface area contributed by atoms with Gasteiger partial charge in [-0.15, -0.1) is 0 Å². The van der Waals surface area contributed by atoms with Gasteiger partial charge in [0.25, 0.3) is 0 Å². The number of hydrogen-bond acceptors (Lipinski definition) is 4. The first-order chi connectivity index (χ1) is 17.7. The van der Waals surface area contributed by atoms with Crippen LogP contribution in [0.5, 0.6) is 0 Å². The van der Waals surface area contributed by atoms with Gasteiger partial charge in [-0.3, -0.25) is 0 Å². The molecule has 3 aromatic carbocycles. The third kappa shape index (κ3) is 4.70. The molecule has 0 unspecified atom stereocenters. The third-order valence-corrected chi connectivity index (χ3v) is 7.13. The first-order valence-corrected chi connectivity index (χ1v) is 12.7. The van der Waals surface area contributed by atoms with E-state index < -0.39 is 11.6 Å². The summed E-state index contributed by atoms with van der Waals surface area (Å²) in [6.45, 7) is 12.2. The highest BCUT2D eigenvalue weighted by Crippen LogP contribution is 2.35. The summed E-state index contributed by atoms with van der Waals surface area (Å²) in [5.41, 5.74) is 16.7. The molecule has 0 aliphatic carbocycles. The molecule has 198 valence electrons. The quantitative estimate of drug-likeness (QED) is 0.203. The molecule has 0 aliphatic heterocycles. The lowest BCUT2D eigenvalue weighted by molar-refractivity contribution is 0.317. The van der Waals surface area contributed by atoms with Crippen LogP contribution in [0.2, 0.25) is 0 Å². The highest BCUT2D eigenvalue weighted by molar-refractivity contribution is 5.85. The zero-order chi connectivity index (χ0) is 27.6. The smallest absolute Gasteiger partial charge is 0.131 e. The maximum Gasteiger partial charge on any atom is 0.131 e. The summed E-state index contributed by atoms with van der Waals surface area (Å²) in [6, 6.07) is 12.5. The molecule has 0 aliphatic rings. The summed E-state index contributed by atoms with van der Waals surface area (Å²) < 4.78 is 30.8. The molecule has 8 heteroatoms. The van der Waals surface area contributed by atoms with Crippen LogP contribution in [0.1, 0.15) is 65.3 Å². The molecule has 0 radical (unpaired) electrons. The second-order valence-electron chi connectivity index (χ2n) is 12.2. The van der Waals surface area contributed by atoms with Crippen molar-refractivity contribution in [3.8, 4) is 22.3 Å². The molecule has 5 rings (SSSR count). The van der Waals surface area contributed by atoms with Crippen LogP contribution < -0.4 is 11.5 Å². The number of aromatic amines is 2. The lowest BCUT2D eigenvalue weighted by Gasteiger charge is -2.24. The second kappa shape index (κ2) is 8.99. The summed E-state index contributed by atoms with van der Waals surface area (Å²) in [6.07, 6.45) is 0. The van der Waals surface area contributed by atoms with Gasteiger partial charge in [-0.2, -0.15) is 0 Å². The summed E-state index contributed by atoms with van der Waals surface area (Å²) in [7, 11) is 0. The molecular formula is C30H34F2N6. The van der Waals surface area contributed by atoms with Gasteiger partial charge in [0.2, 0.25) is 0 Å². The largest absolute Gasteiger partial charge is 0.341 e. The van der Waals surface area contributed by atoms with Crippen molar-refractivity contribution >= 4 is 22.1 Å². The summed E-state index contributed by atoms with van der Waals surface area (Å²) >= 11 is 0. The van der Waals surface area contributed by atoms with Crippen molar-refractivity contribution in [3.63, 3.8) is 0 Å². The van der Waals surface area contributed by atoms with Crippen LogP contribution in [0.15, 0.2) is 48.5 Å². The Morgan fingerprint density at radius 2 is 1.00 bits per heavy atom. The Morgan fingerprint density at radius 3 is 1.34 bits per heavy atom. The maximum absolute atomic E-state index is 15.4. The van der Waals surface area contributed by atoms with Crippen LogP contribution in [0.25, 0.3) is 44.3 Å². The number of nitrogens with zero attached hydrogens (tertiary/aromatic N) is 2. The molecule has 2 atom stereocenters. The van der Waals surface area contributed by atoms with E-state index in [1.165, 1.54) is 12.1 Å². The highest BCUT2D eigenvalue weighted by Gasteiger charge is 2.26. The molecule has 6 N–H and O–H groups in total. The van der Waals surface area contributed by atoms with Gasteiger partial charge in [-0.05, 0) is 58.4 Å². The zero-order valence-electron chi connectivity index (χ0n) is 22.6. The summed E-state index contributed by atoms with van der Waals surface area (Å²) in [5.74, 6) is 0.277. The minimum Gasteiger partial charge on any atom is -0.341 e. The monoisotopic (exact) mass is 516 g/mol. The SMILES string of the molecule is CC(C)(C)[C@H](N)c1nc2ccc(-c3cc(F)c(-c4ccc5nc([C@@H](N)C(C)(C)C)[nH]c5c4)cc3F)cc2[nH]1. The first-order valence-electron chi connectivity index (χ1n) is 12.7. The minimum atomic E-state index is -0.521. The number of hydrogen-bond donors (Lipinski definition) is 4. The Hall–Kier alpha value is -3.62. The maximum atomic E-state index is 15.4. The number of nitrogens with one attached hydrogen (secondary N) is 2. The molecule has 0 saturated heterocycles. The molecule has 0 spiro atoms. The predicted octanol–water partition coefficient (Wildman–Crippen LogP) is 7.14. The molecule has 6 nitrogen and oxygen atoms in total. The Kier molecular flexibility index (Phi) is 6.16. The molecule has 2 aromatic heterocycles. The van der Waals surface area contributed by atoms with Crippen LogP contribution >= 0.6 is 0 Å². The molecule has 0 amide bonds. The number of halogens is 2. The van der Waals surface area contributed by atoms with E-state index in [2.05, 4.69) is 19.9 Å². The van der Waals surface area contributed by atoms with E-state index in [9.17, 15) is 0 Å². The van der Waals surface area contributed by atoms with Gasteiger partial charge in [0.1, 0.15) is 23.3 Å². The number of H-pyrrole nitrogens is 2. The lowest BCUT2D eigenvalue weighted by atomic mass is 9.87. The van der Waals surface area contributed by atoms with Crippen molar-refractivity contribution in [2.24, 2.45) is 22.3 Å². The summed E-state index contributed by atoms with van der Waals surface area (Å²) in [4.78, 5) is 15.7. The van der Waals surface area contributed by atoms with E-state index in [1.54, 1.807) is 36.4 Å². The Labute approximate surface area is 220 Å². The van der Waals surface area contributed by atoms with E-state index in [1.807, 2.05) is 41.5 Å². The summed E-state index contributed by atoms with van der Waals surface area (Å²) in [5, 5.41) is 0. The van der Waals surface area contributed by atoms with Crippen LogP contribution in [-0.2, 0) is 0 Å². The number of nitrogens with two attached hydrogens (primary N) is 2. The van der Waals surface area contributed by atoms with Crippen LogP contribution in [-0.4, -0.2) is 19.9 Å². The molecule has 0 bridgehead atoms. The second-order valence-corrected chi connectivity index (χ2v) is 12.2. The molecule has 0 saturated carbocycles. The van der Waals surface area contributed by atoms with E-state index >= 15 is 8.78 Å². The Bertz CT molecular complexity index is 1530. The van der Waals surface area contributed by atoms with Crippen molar-refractivity contribution in [1.82, 2.24) is 19.9 Å². The molecule has 38 heavy (non-hydrogen) atoms. The highest BCUT2D eigenvalue weighted by atomic mass is 19.1. The third-order valence-electron chi connectivity index (χ3n) is 7.13. The number of imidazole rings is 2. The number of aromatic nitrogens is 4. The van der Waals surface area contributed by atoms with E-state index in [0.29, 0.717) is 22.8 Å². The van der Waals surface area contributed by atoms with E-state index in [-0.39, 0.29) is 34.0 Å². The fourth-order valence-corrected chi connectivity index (χ4v) is 4.50. The Morgan fingerprint density at radius 1 is 0.632 bits per heavy atom. The van der Waals surface area contributed by atoms with Crippen molar-refractivity contribution in [2.75, 3.05) is 0 Å². The van der Waals surface area contributed by atoms with Crippen molar-refractivity contribution in [1.29, 1.82) is 0 Å². The molecular weight excluding hydrogens is 482 g/mol. The fraction of sp³-hybridized carbons (Fsp3) is 0.333. The van der Waals surface area contributed by atoms with Gasteiger partial charge in [0, 0.05) is 11.1 Å². The normalized spacial score (nSPS) is 14.4. The van der Waals surface area contributed by atoms with Gasteiger partial charge < -0.3 is 21.4 Å². The van der Waals surface area contributed by atoms with Crippen molar-refractivity contribution in [3.05, 3.63) is 71.8 Å². The molecule has 0 fully saturated rings. The van der Waals surface area contributed by atoms with E-state index in [4.69, 9.17) is 11.5 Å². The topological polar surface area (TPSA) is 109 Å². The predicted molar refractivity (Wildman–Crippen MR) is 149 cm³/mol. The van der Waals surface area contributed by atoms with Crippen LogP contribution in [0.4, 0.5) is 8.78 Å². The number of benzene rings is 3. The average molecular weight is 517 g/mol.